The zero-order valence-electron chi connectivity index (χ0n) is 11.3. The molecule has 0 unspecified atom stereocenters. The zero-order chi connectivity index (χ0) is 14.1. The number of hydrogen-bond acceptors (Lipinski definition) is 3. The number of aromatic hydroxyl groups is 1. The van der Waals surface area contributed by atoms with Crippen molar-refractivity contribution in [1.29, 1.82) is 0 Å². The normalized spacial score (nSPS) is 13.2. The van der Waals surface area contributed by atoms with Crippen LogP contribution in [0, 0.1) is 0 Å². The fourth-order valence-corrected chi connectivity index (χ4v) is 2.46. The van der Waals surface area contributed by atoms with Gasteiger partial charge < -0.3 is 15.3 Å². The van der Waals surface area contributed by atoms with Crippen LogP contribution in [-0.2, 0) is 6.42 Å². The molecule has 0 saturated heterocycles. The maximum atomic E-state index is 12.2. The van der Waals surface area contributed by atoms with E-state index in [-0.39, 0.29) is 11.7 Å². The van der Waals surface area contributed by atoms with Gasteiger partial charge in [0.2, 0.25) is 0 Å². The molecule has 2 N–H and O–H groups in total. The summed E-state index contributed by atoms with van der Waals surface area (Å²) in [5.74, 6) is 0.0524. The lowest BCUT2D eigenvalue weighted by molar-refractivity contribution is 0.102. The molecule has 4 heteroatoms. The van der Waals surface area contributed by atoms with Crippen molar-refractivity contribution in [3.63, 3.8) is 0 Å². The molecule has 0 bridgehead atoms. The van der Waals surface area contributed by atoms with E-state index >= 15 is 0 Å². The highest BCUT2D eigenvalue weighted by molar-refractivity contribution is 6.04. The summed E-state index contributed by atoms with van der Waals surface area (Å²) in [4.78, 5) is 14.4. The quantitative estimate of drug-likeness (QED) is 0.823. The largest absolute Gasteiger partial charge is 0.508 e. The fourth-order valence-electron chi connectivity index (χ4n) is 2.46. The Hall–Kier alpha value is -2.49. The standard InChI is InChI=1S/C16H16N2O2/c1-18-9-8-11-10-12(2-7-15(11)18)16(20)17-13-3-5-14(19)6-4-13/h2-7,10,19H,8-9H2,1H3,(H,17,20). The zero-order valence-corrected chi connectivity index (χ0v) is 11.3. The number of rotatable bonds is 2. The third-order valence-electron chi connectivity index (χ3n) is 3.59. The van der Waals surface area contributed by atoms with Gasteiger partial charge in [0.15, 0.2) is 0 Å². The van der Waals surface area contributed by atoms with Crippen molar-refractivity contribution in [2.45, 2.75) is 6.42 Å². The van der Waals surface area contributed by atoms with E-state index in [0.29, 0.717) is 11.3 Å². The first-order valence-corrected chi connectivity index (χ1v) is 6.58. The van der Waals surface area contributed by atoms with Gasteiger partial charge in [-0.2, -0.15) is 0 Å². The van der Waals surface area contributed by atoms with E-state index in [1.54, 1.807) is 24.3 Å². The highest BCUT2D eigenvalue weighted by Crippen LogP contribution is 2.27. The Labute approximate surface area is 117 Å². The lowest BCUT2D eigenvalue weighted by Gasteiger charge is -2.12. The summed E-state index contributed by atoms with van der Waals surface area (Å²) in [6.45, 7) is 0.998. The number of hydrogen-bond donors (Lipinski definition) is 2. The molecule has 1 heterocycles. The molecule has 4 nitrogen and oxygen atoms in total. The number of benzene rings is 2. The van der Waals surface area contributed by atoms with Gasteiger partial charge in [0.1, 0.15) is 5.75 Å². The van der Waals surface area contributed by atoms with Crippen LogP contribution in [0.2, 0.25) is 0 Å². The molecule has 2 aromatic carbocycles. The van der Waals surface area contributed by atoms with E-state index in [9.17, 15) is 9.90 Å². The number of nitrogens with zero attached hydrogens (tertiary/aromatic N) is 1. The molecule has 0 aliphatic carbocycles. The third kappa shape index (κ3) is 2.32. The molecule has 20 heavy (non-hydrogen) atoms. The summed E-state index contributed by atoms with van der Waals surface area (Å²) >= 11 is 0. The minimum Gasteiger partial charge on any atom is -0.508 e. The first-order chi connectivity index (χ1) is 9.63. The van der Waals surface area contributed by atoms with Crippen LogP contribution >= 0.6 is 0 Å². The average molecular weight is 268 g/mol. The van der Waals surface area contributed by atoms with Crippen molar-refractivity contribution < 1.29 is 9.90 Å². The highest BCUT2D eigenvalue weighted by Gasteiger charge is 2.17. The summed E-state index contributed by atoms with van der Waals surface area (Å²) < 4.78 is 0. The lowest BCUT2D eigenvalue weighted by Crippen LogP contribution is -2.13. The summed E-state index contributed by atoms with van der Waals surface area (Å²) in [7, 11) is 2.06. The minimum absolute atomic E-state index is 0.131. The van der Waals surface area contributed by atoms with Gasteiger partial charge in [0, 0.05) is 30.5 Å². The monoisotopic (exact) mass is 268 g/mol. The number of phenolic OH excluding ortho intramolecular Hbond substituents is 1. The van der Waals surface area contributed by atoms with Crippen LogP contribution in [0.5, 0.6) is 5.75 Å². The maximum absolute atomic E-state index is 12.2. The van der Waals surface area contributed by atoms with Crippen molar-refractivity contribution in [2.24, 2.45) is 0 Å². The topological polar surface area (TPSA) is 52.6 Å². The number of phenols is 1. The van der Waals surface area contributed by atoms with E-state index in [1.165, 1.54) is 11.3 Å². The summed E-state index contributed by atoms with van der Waals surface area (Å²) in [6.07, 6.45) is 0.978. The van der Waals surface area contributed by atoms with Crippen molar-refractivity contribution in [1.82, 2.24) is 0 Å². The summed E-state index contributed by atoms with van der Waals surface area (Å²) in [5, 5.41) is 12.0. The molecule has 0 atom stereocenters. The third-order valence-corrected chi connectivity index (χ3v) is 3.59. The Morgan fingerprint density at radius 3 is 2.70 bits per heavy atom. The van der Waals surface area contributed by atoms with Crippen molar-refractivity contribution >= 4 is 17.3 Å². The Kier molecular flexibility index (Phi) is 3.06. The van der Waals surface area contributed by atoms with Crippen LogP contribution in [0.4, 0.5) is 11.4 Å². The van der Waals surface area contributed by atoms with Crippen LogP contribution in [0.15, 0.2) is 42.5 Å². The Bertz CT molecular complexity index is 650. The van der Waals surface area contributed by atoms with Gasteiger partial charge in [-0.05, 0) is 54.4 Å². The molecule has 102 valence electrons. The molecule has 0 spiro atoms. The van der Waals surface area contributed by atoms with Gasteiger partial charge in [-0.25, -0.2) is 0 Å². The molecule has 2 aromatic rings. The predicted octanol–water partition coefficient (Wildman–Crippen LogP) is 2.64. The van der Waals surface area contributed by atoms with Gasteiger partial charge in [0.25, 0.3) is 5.91 Å². The smallest absolute Gasteiger partial charge is 0.255 e. The summed E-state index contributed by atoms with van der Waals surface area (Å²) in [6, 6.07) is 12.2. The van der Waals surface area contributed by atoms with Crippen molar-refractivity contribution in [2.75, 3.05) is 23.8 Å². The molecule has 0 radical (unpaired) electrons. The number of fused-ring (bicyclic) bond motifs is 1. The highest BCUT2D eigenvalue weighted by atomic mass is 16.3. The molecule has 0 fully saturated rings. The van der Waals surface area contributed by atoms with Gasteiger partial charge in [-0.1, -0.05) is 0 Å². The van der Waals surface area contributed by atoms with Crippen LogP contribution < -0.4 is 10.2 Å². The van der Waals surface area contributed by atoms with E-state index in [2.05, 4.69) is 17.3 Å². The molecule has 0 aromatic heterocycles. The van der Waals surface area contributed by atoms with Gasteiger partial charge in [0.05, 0.1) is 0 Å². The van der Waals surface area contributed by atoms with Crippen LogP contribution in [0.25, 0.3) is 0 Å². The predicted molar refractivity (Wildman–Crippen MR) is 79.5 cm³/mol. The van der Waals surface area contributed by atoms with E-state index < -0.39 is 0 Å². The Balaban J connectivity index is 1.79. The second-order valence-corrected chi connectivity index (χ2v) is 5.02. The average Bonchev–Trinajstić information content (AvgIpc) is 2.82. The molecule has 1 aliphatic heterocycles. The number of carbonyl (C=O) groups excluding carboxylic acids is 1. The molecule has 1 aliphatic rings. The molecular weight excluding hydrogens is 252 g/mol. The van der Waals surface area contributed by atoms with Crippen LogP contribution in [0.1, 0.15) is 15.9 Å². The summed E-state index contributed by atoms with van der Waals surface area (Å²) in [5.41, 5.74) is 3.74. The fraction of sp³-hybridized carbons (Fsp3) is 0.188. The molecule has 0 saturated carbocycles. The number of likely N-dealkylation sites (N-methyl/N-ethyl adjacent to an activating group) is 1. The second kappa shape index (κ2) is 4.89. The van der Waals surface area contributed by atoms with Crippen LogP contribution in [-0.4, -0.2) is 24.6 Å². The number of amides is 1. The van der Waals surface area contributed by atoms with Crippen molar-refractivity contribution in [3.8, 4) is 5.75 Å². The number of anilines is 2. The SMILES string of the molecule is CN1CCc2cc(C(=O)Nc3ccc(O)cc3)ccc21. The first kappa shape index (κ1) is 12.5. The van der Waals surface area contributed by atoms with E-state index in [0.717, 1.165) is 13.0 Å². The molecule has 1 amide bonds. The van der Waals surface area contributed by atoms with E-state index in [1.807, 2.05) is 18.2 Å². The van der Waals surface area contributed by atoms with E-state index in [4.69, 9.17) is 0 Å². The van der Waals surface area contributed by atoms with Crippen molar-refractivity contribution in [3.05, 3.63) is 53.6 Å². The first-order valence-electron chi connectivity index (χ1n) is 6.58. The molecule has 3 rings (SSSR count). The number of nitrogens with one attached hydrogen (secondary N) is 1. The van der Waals surface area contributed by atoms with Gasteiger partial charge in [-0.3, -0.25) is 4.79 Å². The molecular formula is C16H16N2O2. The second-order valence-electron chi connectivity index (χ2n) is 5.02. The van der Waals surface area contributed by atoms with Gasteiger partial charge in [-0.15, -0.1) is 0 Å². The maximum Gasteiger partial charge on any atom is 0.255 e. The van der Waals surface area contributed by atoms with Gasteiger partial charge >= 0.3 is 0 Å². The minimum atomic E-state index is -0.131. The Morgan fingerprint density at radius 1 is 1.20 bits per heavy atom. The lowest BCUT2D eigenvalue weighted by atomic mass is 10.1. The number of carbonyl (C=O) groups is 1. The van der Waals surface area contributed by atoms with Crippen LogP contribution in [0.3, 0.4) is 0 Å². The Morgan fingerprint density at radius 2 is 1.95 bits per heavy atom.